The molecule has 2 aromatic rings. The van der Waals surface area contributed by atoms with Gasteiger partial charge in [0.1, 0.15) is 5.52 Å². The molecule has 0 bridgehead atoms. The number of para-hydroxylation sites is 2. The minimum Gasteiger partial charge on any atom is -0.423 e. The van der Waals surface area contributed by atoms with Gasteiger partial charge >= 0.3 is 0 Å². The molecule has 2 heterocycles. The molecule has 0 unspecified atom stereocenters. The van der Waals surface area contributed by atoms with Crippen LogP contribution in [0, 0.1) is 5.92 Å². The van der Waals surface area contributed by atoms with Crippen molar-refractivity contribution in [2.75, 3.05) is 38.6 Å². The number of carbonyl (C=O) groups excluding carboxylic acids is 1. The highest BCUT2D eigenvalue weighted by Gasteiger charge is 2.35. The van der Waals surface area contributed by atoms with E-state index in [1.54, 1.807) is 0 Å². The minimum atomic E-state index is 0.0839. The van der Waals surface area contributed by atoms with E-state index >= 15 is 0 Å². The Morgan fingerprint density at radius 2 is 1.86 bits per heavy atom. The van der Waals surface area contributed by atoms with E-state index in [9.17, 15) is 4.79 Å². The quantitative estimate of drug-likeness (QED) is 0.776. The predicted octanol–water partition coefficient (Wildman–Crippen LogP) is 3.82. The van der Waals surface area contributed by atoms with E-state index in [1.807, 2.05) is 24.3 Å². The molecule has 1 N–H and O–H groups in total. The average Bonchev–Trinajstić information content (AvgIpc) is 3.02. The number of oxazole rings is 1. The van der Waals surface area contributed by atoms with Crippen molar-refractivity contribution in [3.05, 3.63) is 24.3 Å². The highest BCUT2D eigenvalue weighted by molar-refractivity contribution is 5.79. The highest BCUT2D eigenvalue weighted by atomic mass is 16.4. The molecule has 2 fully saturated rings. The number of likely N-dealkylation sites (N-methyl/N-ethyl adjacent to an activating group) is 1. The Bertz CT molecular complexity index is 782. The summed E-state index contributed by atoms with van der Waals surface area (Å²) in [4.78, 5) is 22.0. The van der Waals surface area contributed by atoms with Gasteiger partial charge in [0.25, 0.3) is 6.01 Å². The second-order valence-electron chi connectivity index (χ2n) is 8.98. The van der Waals surface area contributed by atoms with Crippen LogP contribution in [0.3, 0.4) is 0 Å². The monoisotopic (exact) mass is 398 g/mol. The Labute approximate surface area is 173 Å². The molecule has 0 radical (unpaired) electrons. The summed E-state index contributed by atoms with van der Waals surface area (Å²) >= 11 is 0. The lowest BCUT2D eigenvalue weighted by molar-refractivity contribution is -0.126. The number of nitrogens with one attached hydrogen (secondary N) is 1. The van der Waals surface area contributed by atoms with Gasteiger partial charge in [-0.1, -0.05) is 37.8 Å². The Kier molecular flexibility index (Phi) is 6.09. The molecule has 158 valence electrons. The Hall–Kier alpha value is -2.08. The molecular weight excluding hydrogens is 364 g/mol. The van der Waals surface area contributed by atoms with Gasteiger partial charge in [-0.25, -0.2) is 0 Å². The van der Waals surface area contributed by atoms with Crippen LogP contribution >= 0.6 is 0 Å². The van der Waals surface area contributed by atoms with E-state index < -0.39 is 0 Å². The summed E-state index contributed by atoms with van der Waals surface area (Å²) in [5.74, 6) is 0.299. The predicted molar refractivity (Wildman–Crippen MR) is 116 cm³/mol. The third kappa shape index (κ3) is 4.42. The van der Waals surface area contributed by atoms with Crippen LogP contribution in [-0.2, 0) is 4.79 Å². The number of piperidine rings is 1. The second kappa shape index (κ2) is 8.74. The van der Waals surface area contributed by atoms with Crippen LogP contribution in [-0.4, -0.2) is 55.1 Å². The third-order valence-corrected chi connectivity index (χ3v) is 6.99. The van der Waals surface area contributed by atoms with Gasteiger partial charge in [-0.05, 0) is 51.9 Å². The maximum atomic E-state index is 12.9. The molecule has 29 heavy (non-hydrogen) atoms. The van der Waals surface area contributed by atoms with E-state index in [1.165, 1.54) is 38.5 Å². The van der Waals surface area contributed by atoms with Crippen molar-refractivity contribution in [3.8, 4) is 0 Å². The number of fused-ring (bicyclic) bond motifs is 1. The number of carbonyl (C=O) groups is 1. The topological polar surface area (TPSA) is 61.6 Å². The van der Waals surface area contributed by atoms with Crippen molar-refractivity contribution in [1.82, 2.24) is 15.2 Å². The van der Waals surface area contributed by atoms with Crippen LogP contribution < -0.4 is 10.2 Å². The molecule has 2 aliphatic rings. The van der Waals surface area contributed by atoms with Gasteiger partial charge in [0, 0.05) is 31.1 Å². The maximum absolute atomic E-state index is 12.9. The van der Waals surface area contributed by atoms with Gasteiger partial charge < -0.3 is 19.5 Å². The molecule has 6 nitrogen and oxygen atoms in total. The van der Waals surface area contributed by atoms with Crippen molar-refractivity contribution in [2.24, 2.45) is 5.92 Å². The highest BCUT2D eigenvalue weighted by Crippen LogP contribution is 2.31. The summed E-state index contributed by atoms with van der Waals surface area (Å²) in [6.45, 7) is 2.39. The van der Waals surface area contributed by atoms with Gasteiger partial charge in [0.2, 0.25) is 5.91 Å². The smallest absolute Gasteiger partial charge is 0.298 e. The zero-order valence-corrected chi connectivity index (χ0v) is 17.8. The molecule has 1 aliphatic heterocycles. The molecule has 1 saturated carbocycles. The van der Waals surface area contributed by atoms with Crippen molar-refractivity contribution in [3.63, 3.8) is 0 Å². The van der Waals surface area contributed by atoms with Crippen LogP contribution in [0.25, 0.3) is 11.1 Å². The first-order chi connectivity index (χ1) is 14.1. The molecule has 1 saturated heterocycles. The Morgan fingerprint density at radius 1 is 1.17 bits per heavy atom. The first kappa shape index (κ1) is 20.2. The van der Waals surface area contributed by atoms with Gasteiger partial charge in [0.15, 0.2) is 5.58 Å². The number of hydrogen-bond donors (Lipinski definition) is 1. The number of benzene rings is 1. The van der Waals surface area contributed by atoms with E-state index in [0.29, 0.717) is 6.01 Å². The normalized spacial score (nSPS) is 20.7. The van der Waals surface area contributed by atoms with Crippen LogP contribution in [0.1, 0.15) is 51.4 Å². The summed E-state index contributed by atoms with van der Waals surface area (Å²) in [7, 11) is 4.33. The molecule has 1 aromatic heterocycles. The molecule has 1 amide bonds. The molecule has 0 spiro atoms. The molecular formula is C23H34N4O2. The molecule has 1 aliphatic carbocycles. The minimum absolute atomic E-state index is 0.0839. The van der Waals surface area contributed by atoms with Crippen molar-refractivity contribution in [1.29, 1.82) is 0 Å². The van der Waals surface area contributed by atoms with E-state index in [0.717, 1.165) is 43.6 Å². The van der Waals surface area contributed by atoms with E-state index in [4.69, 9.17) is 4.42 Å². The lowest BCUT2D eigenvalue weighted by Gasteiger charge is -2.40. The largest absolute Gasteiger partial charge is 0.423 e. The second-order valence-corrected chi connectivity index (χ2v) is 8.98. The number of rotatable bonds is 5. The van der Waals surface area contributed by atoms with Gasteiger partial charge in [-0.15, -0.1) is 0 Å². The standard InChI is InChI=1S/C23H34N4O2/c1-26(2)23(13-7-3-4-8-14-23)17-24-21(28)18-11-15-27(16-12-18)22-25-19-9-5-6-10-20(19)29-22/h5-6,9-10,18H,3-4,7-8,11-17H2,1-2H3,(H,24,28). The van der Waals surface area contributed by atoms with Crippen molar-refractivity contribution in [2.45, 2.75) is 56.9 Å². The fraction of sp³-hybridized carbons (Fsp3) is 0.652. The van der Waals surface area contributed by atoms with Crippen LogP contribution in [0.15, 0.2) is 28.7 Å². The van der Waals surface area contributed by atoms with Crippen LogP contribution in [0.5, 0.6) is 0 Å². The lowest BCUT2D eigenvalue weighted by atomic mass is 9.88. The Morgan fingerprint density at radius 3 is 2.52 bits per heavy atom. The SMILES string of the molecule is CN(C)C1(CNC(=O)C2CCN(c3nc4ccccc4o3)CC2)CCCCCC1. The molecule has 4 rings (SSSR count). The number of amides is 1. The summed E-state index contributed by atoms with van der Waals surface area (Å²) in [5.41, 5.74) is 1.82. The summed E-state index contributed by atoms with van der Waals surface area (Å²) in [5, 5.41) is 3.31. The number of aromatic nitrogens is 1. The number of anilines is 1. The van der Waals surface area contributed by atoms with Crippen LogP contribution in [0.4, 0.5) is 6.01 Å². The summed E-state index contributed by atoms with van der Waals surface area (Å²) < 4.78 is 5.89. The first-order valence-corrected chi connectivity index (χ1v) is 11.1. The van der Waals surface area contributed by atoms with E-state index in [-0.39, 0.29) is 17.4 Å². The maximum Gasteiger partial charge on any atom is 0.298 e. The third-order valence-electron chi connectivity index (χ3n) is 6.99. The summed E-state index contributed by atoms with van der Waals surface area (Å²) in [6.07, 6.45) is 9.20. The van der Waals surface area contributed by atoms with E-state index in [2.05, 4.69) is 34.2 Å². The van der Waals surface area contributed by atoms with Crippen molar-refractivity contribution >= 4 is 23.0 Å². The van der Waals surface area contributed by atoms with Gasteiger partial charge in [-0.3, -0.25) is 4.79 Å². The average molecular weight is 399 g/mol. The molecule has 0 atom stereocenters. The van der Waals surface area contributed by atoms with Crippen molar-refractivity contribution < 1.29 is 9.21 Å². The first-order valence-electron chi connectivity index (χ1n) is 11.1. The summed E-state index contributed by atoms with van der Waals surface area (Å²) in [6, 6.07) is 8.52. The number of hydrogen-bond acceptors (Lipinski definition) is 5. The molecule has 6 heteroatoms. The van der Waals surface area contributed by atoms with Gasteiger partial charge in [0.05, 0.1) is 0 Å². The van der Waals surface area contributed by atoms with Crippen LogP contribution in [0.2, 0.25) is 0 Å². The zero-order chi connectivity index (χ0) is 20.3. The fourth-order valence-corrected chi connectivity index (χ4v) is 4.89. The zero-order valence-electron chi connectivity index (χ0n) is 17.8. The van der Waals surface area contributed by atoms with Gasteiger partial charge in [-0.2, -0.15) is 4.98 Å². The molecule has 1 aromatic carbocycles. The fourth-order valence-electron chi connectivity index (χ4n) is 4.89. The number of nitrogens with zero attached hydrogens (tertiary/aromatic N) is 3. The lowest BCUT2D eigenvalue weighted by Crippen LogP contribution is -2.53. The Balaban J connectivity index is 1.31.